The van der Waals surface area contributed by atoms with Crippen molar-refractivity contribution in [1.82, 2.24) is 4.90 Å². The van der Waals surface area contributed by atoms with Gasteiger partial charge in [-0.3, -0.25) is 0 Å². The van der Waals surface area contributed by atoms with Crippen molar-refractivity contribution in [2.45, 2.75) is 32.7 Å². The second kappa shape index (κ2) is 5.07. The molecule has 0 heterocycles. The minimum atomic E-state index is -0.418. The van der Waals surface area contributed by atoms with Gasteiger partial charge >= 0.3 is 0 Å². The molecule has 1 aromatic rings. The third-order valence-corrected chi connectivity index (χ3v) is 3.12. The largest absolute Gasteiger partial charge is 0.507 e. The molecule has 0 aliphatic rings. The SMILES string of the molecule is Cc1ccc(C(C)(C)CO)c(O)c1CN(C)C. The van der Waals surface area contributed by atoms with Gasteiger partial charge in [-0.25, -0.2) is 0 Å². The average Bonchev–Trinajstić information content (AvgIpc) is 2.23. The molecule has 0 spiro atoms. The molecule has 0 fully saturated rings. The molecule has 3 heteroatoms. The lowest BCUT2D eigenvalue weighted by Crippen LogP contribution is -2.23. The Balaban J connectivity index is 3.28. The summed E-state index contributed by atoms with van der Waals surface area (Å²) in [4.78, 5) is 2.03. The maximum Gasteiger partial charge on any atom is 0.124 e. The molecule has 0 unspecified atom stereocenters. The molecule has 0 amide bonds. The zero-order valence-corrected chi connectivity index (χ0v) is 11.4. The number of phenolic OH excluding ortho intramolecular Hbond substituents is 1. The highest BCUT2D eigenvalue weighted by molar-refractivity contribution is 5.48. The molecule has 2 N–H and O–H groups in total. The number of aliphatic hydroxyl groups excluding tert-OH is 1. The molecule has 0 aliphatic heterocycles. The van der Waals surface area contributed by atoms with Crippen LogP contribution in [0.4, 0.5) is 0 Å². The molecule has 17 heavy (non-hydrogen) atoms. The van der Waals surface area contributed by atoms with Crippen LogP contribution < -0.4 is 0 Å². The van der Waals surface area contributed by atoms with Crippen molar-refractivity contribution in [2.75, 3.05) is 20.7 Å². The van der Waals surface area contributed by atoms with E-state index in [-0.39, 0.29) is 6.61 Å². The summed E-state index contributed by atoms with van der Waals surface area (Å²) < 4.78 is 0. The minimum Gasteiger partial charge on any atom is -0.507 e. The first-order chi connectivity index (χ1) is 7.79. The summed E-state index contributed by atoms with van der Waals surface area (Å²) in [6, 6.07) is 3.91. The predicted molar refractivity (Wildman–Crippen MR) is 70.3 cm³/mol. The molecule has 0 aromatic heterocycles. The van der Waals surface area contributed by atoms with Crippen LogP contribution in [-0.4, -0.2) is 35.8 Å². The van der Waals surface area contributed by atoms with Crippen molar-refractivity contribution >= 4 is 0 Å². The Labute approximate surface area is 104 Å². The maximum absolute atomic E-state index is 10.3. The van der Waals surface area contributed by atoms with Crippen molar-refractivity contribution in [2.24, 2.45) is 0 Å². The number of phenols is 1. The molecule has 0 saturated carbocycles. The normalized spacial score (nSPS) is 12.2. The summed E-state index contributed by atoms with van der Waals surface area (Å²) >= 11 is 0. The topological polar surface area (TPSA) is 43.7 Å². The van der Waals surface area contributed by atoms with Crippen molar-refractivity contribution in [3.63, 3.8) is 0 Å². The molecule has 3 nitrogen and oxygen atoms in total. The summed E-state index contributed by atoms with van der Waals surface area (Å²) in [6.07, 6.45) is 0. The monoisotopic (exact) mass is 237 g/mol. The summed E-state index contributed by atoms with van der Waals surface area (Å²) in [5.74, 6) is 0.317. The molecular formula is C14H23NO2. The van der Waals surface area contributed by atoms with Gasteiger partial charge in [0.05, 0.1) is 6.61 Å². The van der Waals surface area contributed by atoms with Crippen LogP contribution in [0.3, 0.4) is 0 Å². The standard InChI is InChI=1S/C14H23NO2/c1-10-6-7-12(14(2,3)9-16)13(17)11(10)8-15(4)5/h6-7,16-17H,8-9H2,1-5H3. The first kappa shape index (κ1) is 14.0. The van der Waals surface area contributed by atoms with Gasteiger partial charge in [0.2, 0.25) is 0 Å². The van der Waals surface area contributed by atoms with Gasteiger partial charge in [-0.1, -0.05) is 26.0 Å². The first-order valence-electron chi connectivity index (χ1n) is 5.87. The molecule has 1 aromatic carbocycles. The van der Waals surface area contributed by atoms with E-state index in [2.05, 4.69) is 0 Å². The highest BCUT2D eigenvalue weighted by atomic mass is 16.3. The zero-order valence-electron chi connectivity index (χ0n) is 11.4. The van der Waals surface area contributed by atoms with E-state index in [9.17, 15) is 10.2 Å². The molecule has 96 valence electrons. The molecule has 1 rings (SSSR count). The Morgan fingerprint density at radius 3 is 2.29 bits per heavy atom. The number of hydrogen-bond donors (Lipinski definition) is 2. The molecule has 0 saturated heterocycles. The Hall–Kier alpha value is -1.06. The lowest BCUT2D eigenvalue weighted by atomic mass is 9.83. The predicted octanol–water partition coefficient (Wildman–Crippen LogP) is 2.03. The Morgan fingerprint density at radius 2 is 1.82 bits per heavy atom. The van der Waals surface area contributed by atoms with Crippen molar-refractivity contribution in [1.29, 1.82) is 0 Å². The molecule has 0 radical (unpaired) electrons. The fourth-order valence-electron chi connectivity index (χ4n) is 1.88. The fraction of sp³-hybridized carbons (Fsp3) is 0.571. The van der Waals surface area contributed by atoms with Gasteiger partial charge in [0.25, 0.3) is 0 Å². The summed E-state index contributed by atoms with van der Waals surface area (Å²) in [5, 5.41) is 19.7. The van der Waals surface area contributed by atoms with E-state index in [1.54, 1.807) is 0 Å². The second-order valence-electron chi connectivity index (χ2n) is 5.54. The van der Waals surface area contributed by atoms with Gasteiger partial charge in [-0.15, -0.1) is 0 Å². The highest BCUT2D eigenvalue weighted by Gasteiger charge is 2.25. The fourth-order valence-corrected chi connectivity index (χ4v) is 1.88. The smallest absolute Gasteiger partial charge is 0.124 e. The van der Waals surface area contributed by atoms with Gasteiger partial charge in [0.15, 0.2) is 0 Å². The quantitative estimate of drug-likeness (QED) is 0.842. The number of aliphatic hydroxyl groups is 1. The molecule has 0 bridgehead atoms. The van der Waals surface area contributed by atoms with Crippen LogP contribution in [-0.2, 0) is 12.0 Å². The maximum atomic E-state index is 10.3. The summed E-state index contributed by atoms with van der Waals surface area (Å²) in [6.45, 7) is 6.57. The van der Waals surface area contributed by atoms with Gasteiger partial charge in [-0.05, 0) is 26.6 Å². The lowest BCUT2D eigenvalue weighted by molar-refractivity contribution is 0.215. The Kier molecular flexibility index (Phi) is 4.17. The number of hydrogen-bond acceptors (Lipinski definition) is 3. The Morgan fingerprint density at radius 1 is 1.24 bits per heavy atom. The first-order valence-corrected chi connectivity index (χ1v) is 5.87. The Bertz CT molecular complexity index is 397. The van der Waals surface area contributed by atoms with Crippen LogP contribution in [0.5, 0.6) is 5.75 Å². The van der Waals surface area contributed by atoms with Crippen LogP contribution in [0.25, 0.3) is 0 Å². The number of nitrogens with zero attached hydrogens (tertiary/aromatic N) is 1. The van der Waals surface area contributed by atoms with Crippen molar-refractivity contribution in [3.8, 4) is 5.75 Å². The minimum absolute atomic E-state index is 0.0189. The second-order valence-corrected chi connectivity index (χ2v) is 5.54. The van der Waals surface area contributed by atoms with E-state index in [0.717, 1.165) is 16.7 Å². The lowest BCUT2D eigenvalue weighted by Gasteiger charge is -2.26. The van der Waals surface area contributed by atoms with Crippen LogP contribution in [0.15, 0.2) is 12.1 Å². The molecule has 0 atom stereocenters. The van der Waals surface area contributed by atoms with Gasteiger partial charge in [0.1, 0.15) is 5.75 Å². The van der Waals surface area contributed by atoms with E-state index in [0.29, 0.717) is 12.3 Å². The average molecular weight is 237 g/mol. The number of rotatable bonds is 4. The third kappa shape index (κ3) is 2.99. The third-order valence-electron chi connectivity index (χ3n) is 3.12. The van der Waals surface area contributed by atoms with E-state index < -0.39 is 5.41 Å². The van der Waals surface area contributed by atoms with E-state index in [1.165, 1.54) is 0 Å². The molecule has 0 aliphatic carbocycles. The highest BCUT2D eigenvalue weighted by Crippen LogP contribution is 2.35. The van der Waals surface area contributed by atoms with E-state index in [1.807, 2.05) is 51.9 Å². The van der Waals surface area contributed by atoms with Crippen molar-refractivity contribution in [3.05, 3.63) is 28.8 Å². The number of benzene rings is 1. The van der Waals surface area contributed by atoms with Crippen LogP contribution in [0, 0.1) is 6.92 Å². The van der Waals surface area contributed by atoms with E-state index >= 15 is 0 Å². The van der Waals surface area contributed by atoms with Crippen molar-refractivity contribution < 1.29 is 10.2 Å². The van der Waals surface area contributed by atoms with Gasteiger partial charge in [-0.2, -0.15) is 0 Å². The zero-order chi connectivity index (χ0) is 13.2. The van der Waals surface area contributed by atoms with Crippen LogP contribution >= 0.6 is 0 Å². The number of aromatic hydroxyl groups is 1. The summed E-state index contributed by atoms with van der Waals surface area (Å²) in [7, 11) is 3.95. The van der Waals surface area contributed by atoms with E-state index in [4.69, 9.17) is 0 Å². The molecular weight excluding hydrogens is 214 g/mol. The van der Waals surface area contributed by atoms with Gasteiger partial charge < -0.3 is 15.1 Å². The van der Waals surface area contributed by atoms with Crippen LogP contribution in [0.2, 0.25) is 0 Å². The van der Waals surface area contributed by atoms with Crippen LogP contribution in [0.1, 0.15) is 30.5 Å². The van der Waals surface area contributed by atoms with Gasteiger partial charge in [0, 0.05) is 23.1 Å². The number of aryl methyl sites for hydroxylation is 1. The summed E-state index contributed by atoms with van der Waals surface area (Å²) in [5.41, 5.74) is 2.41.